The van der Waals surface area contributed by atoms with E-state index in [1.54, 1.807) is 0 Å². The summed E-state index contributed by atoms with van der Waals surface area (Å²) in [4.78, 5) is 0. The van der Waals surface area contributed by atoms with Gasteiger partial charge in [-0.05, 0) is 70.7 Å². The molecule has 0 aliphatic rings. The van der Waals surface area contributed by atoms with Gasteiger partial charge in [0.2, 0.25) is 0 Å². The Bertz CT molecular complexity index is 2140. The number of phenolic OH excluding ortho intramolecular Hbond substituents is 2. The predicted molar refractivity (Wildman–Crippen MR) is 216 cm³/mol. The molecule has 0 saturated heterocycles. The molecular formula is C46H36O2P2. The first-order chi connectivity index (χ1) is 24.7. The number of hydrogen-bond acceptors (Lipinski definition) is 2. The summed E-state index contributed by atoms with van der Waals surface area (Å²) in [6.07, 6.45) is 1.33. The largest absolute Gasteiger partial charge is 0.507 e. The molecule has 0 atom stereocenters. The molecule has 0 unspecified atom stereocenters. The van der Waals surface area contributed by atoms with Crippen LogP contribution in [0.3, 0.4) is 0 Å². The van der Waals surface area contributed by atoms with Gasteiger partial charge in [-0.1, -0.05) is 170 Å². The quantitative estimate of drug-likeness (QED) is 0.149. The average Bonchev–Trinajstić information content (AvgIpc) is 3.18. The topological polar surface area (TPSA) is 40.5 Å². The maximum absolute atomic E-state index is 12.5. The fraction of sp³-hybridized carbons (Fsp3) is 0.0435. The number of aromatic hydroxyl groups is 2. The van der Waals surface area contributed by atoms with E-state index in [-0.39, 0.29) is 11.5 Å². The summed E-state index contributed by atoms with van der Waals surface area (Å²) in [5.74, 6) is 0.461. The minimum absolute atomic E-state index is 0.231. The van der Waals surface area contributed by atoms with Crippen LogP contribution in [-0.4, -0.2) is 10.2 Å². The molecule has 0 spiro atoms. The Morgan fingerprint density at radius 3 is 0.940 bits per heavy atom. The van der Waals surface area contributed by atoms with Gasteiger partial charge in [0.05, 0.1) is 0 Å². The van der Waals surface area contributed by atoms with Gasteiger partial charge in [0, 0.05) is 34.6 Å². The molecule has 50 heavy (non-hydrogen) atoms. The summed E-state index contributed by atoms with van der Waals surface area (Å²) < 4.78 is 0. The Hall–Kier alpha value is -5.26. The van der Waals surface area contributed by atoms with Gasteiger partial charge in [-0.3, -0.25) is 0 Å². The van der Waals surface area contributed by atoms with Gasteiger partial charge in [0.15, 0.2) is 0 Å². The molecule has 8 rings (SSSR count). The molecular weight excluding hydrogens is 646 g/mol. The summed E-state index contributed by atoms with van der Waals surface area (Å²) in [5.41, 5.74) is 3.13. The number of benzene rings is 8. The van der Waals surface area contributed by atoms with Crippen LogP contribution in [0.4, 0.5) is 0 Å². The average molecular weight is 683 g/mol. The molecule has 0 aliphatic carbocycles. The van der Waals surface area contributed by atoms with Crippen molar-refractivity contribution >= 4 is 58.6 Å². The van der Waals surface area contributed by atoms with E-state index < -0.39 is 15.8 Å². The second-order valence-corrected chi connectivity index (χ2v) is 16.9. The first-order valence-electron chi connectivity index (χ1n) is 16.9. The SMILES string of the molecule is Oc1c(CP(c2ccccc2)c2ccccc2)cc2ccccc2c1-c1c(O)c(CP(c2ccccc2)c2ccccc2)cc2ccccc12. The van der Waals surface area contributed by atoms with Crippen molar-refractivity contribution in [2.75, 3.05) is 0 Å². The van der Waals surface area contributed by atoms with E-state index in [1.165, 1.54) is 21.2 Å². The van der Waals surface area contributed by atoms with Gasteiger partial charge in [-0.2, -0.15) is 0 Å². The molecule has 242 valence electrons. The van der Waals surface area contributed by atoms with E-state index in [1.807, 2.05) is 24.3 Å². The second-order valence-electron chi connectivity index (χ2n) is 12.5. The normalized spacial score (nSPS) is 11.5. The van der Waals surface area contributed by atoms with Crippen molar-refractivity contribution in [3.63, 3.8) is 0 Å². The minimum Gasteiger partial charge on any atom is -0.507 e. The van der Waals surface area contributed by atoms with Crippen LogP contribution in [0.15, 0.2) is 182 Å². The van der Waals surface area contributed by atoms with Gasteiger partial charge in [0.1, 0.15) is 11.5 Å². The molecule has 8 aromatic carbocycles. The van der Waals surface area contributed by atoms with Crippen molar-refractivity contribution in [2.45, 2.75) is 12.3 Å². The van der Waals surface area contributed by atoms with E-state index in [0.29, 0.717) is 23.5 Å². The molecule has 0 aromatic heterocycles. The van der Waals surface area contributed by atoms with Crippen LogP contribution in [-0.2, 0) is 12.3 Å². The van der Waals surface area contributed by atoms with Crippen LogP contribution in [0.1, 0.15) is 11.1 Å². The smallest absolute Gasteiger partial charge is 0.127 e. The molecule has 0 aliphatic heterocycles. The van der Waals surface area contributed by atoms with Gasteiger partial charge in [0.25, 0.3) is 0 Å². The molecule has 8 aromatic rings. The van der Waals surface area contributed by atoms with Crippen LogP contribution >= 0.6 is 15.8 Å². The lowest BCUT2D eigenvalue weighted by Crippen LogP contribution is -2.13. The number of phenols is 2. The van der Waals surface area contributed by atoms with E-state index in [4.69, 9.17) is 0 Å². The van der Waals surface area contributed by atoms with E-state index in [0.717, 1.165) is 32.7 Å². The molecule has 0 radical (unpaired) electrons. The third-order valence-corrected chi connectivity index (χ3v) is 14.4. The Labute approximate surface area is 295 Å². The molecule has 0 amide bonds. The Morgan fingerprint density at radius 1 is 0.340 bits per heavy atom. The molecule has 0 heterocycles. The van der Waals surface area contributed by atoms with Gasteiger partial charge < -0.3 is 10.2 Å². The van der Waals surface area contributed by atoms with Gasteiger partial charge >= 0.3 is 0 Å². The lowest BCUT2D eigenvalue weighted by Gasteiger charge is -2.24. The van der Waals surface area contributed by atoms with Crippen molar-refractivity contribution < 1.29 is 10.2 Å². The van der Waals surface area contributed by atoms with Crippen molar-refractivity contribution in [3.05, 3.63) is 193 Å². The Morgan fingerprint density at radius 2 is 0.620 bits per heavy atom. The fourth-order valence-corrected chi connectivity index (χ4v) is 11.6. The Kier molecular flexibility index (Phi) is 9.15. The van der Waals surface area contributed by atoms with E-state index in [2.05, 4.69) is 158 Å². The number of rotatable bonds is 9. The maximum Gasteiger partial charge on any atom is 0.127 e. The lowest BCUT2D eigenvalue weighted by molar-refractivity contribution is 0.465. The molecule has 0 bridgehead atoms. The van der Waals surface area contributed by atoms with Gasteiger partial charge in [-0.25, -0.2) is 0 Å². The zero-order chi connectivity index (χ0) is 33.9. The minimum atomic E-state index is -0.812. The summed E-state index contributed by atoms with van der Waals surface area (Å²) in [6.45, 7) is 0. The highest BCUT2D eigenvalue weighted by Crippen LogP contribution is 2.52. The summed E-state index contributed by atoms with van der Waals surface area (Å²) in [5, 5.41) is 33.9. The fourth-order valence-electron chi connectivity index (χ4n) is 6.97. The van der Waals surface area contributed by atoms with Crippen molar-refractivity contribution in [3.8, 4) is 22.6 Å². The third kappa shape index (κ3) is 6.30. The highest BCUT2D eigenvalue weighted by atomic mass is 31.1. The number of fused-ring (bicyclic) bond motifs is 2. The molecule has 4 heteroatoms. The predicted octanol–water partition coefficient (Wildman–Crippen LogP) is 10.3. The maximum atomic E-state index is 12.5. The highest BCUT2D eigenvalue weighted by Gasteiger charge is 2.26. The standard InChI is InChI=1S/C46H36O2P2/c47-45-35(31-49(37-19-5-1-6-20-37)38-21-7-2-8-22-38)29-33-17-13-15-27-41(33)43(45)44-42-28-16-14-18-34(42)30-36(46(44)48)32-50(39-23-9-3-10-24-39)40-25-11-4-12-26-40/h1-30,47-48H,31-32H2. The number of hydrogen-bond donors (Lipinski definition) is 2. The zero-order valence-electron chi connectivity index (χ0n) is 27.5. The molecule has 0 saturated carbocycles. The van der Waals surface area contributed by atoms with Crippen LogP contribution in [0.25, 0.3) is 32.7 Å². The lowest BCUT2D eigenvalue weighted by atomic mass is 9.89. The van der Waals surface area contributed by atoms with Crippen LogP contribution in [0, 0.1) is 0 Å². The van der Waals surface area contributed by atoms with Crippen molar-refractivity contribution in [2.24, 2.45) is 0 Å². The first-order valence-corrected chi connectivity index (χ1v) is 19.9. The van der Waals surface area contributed by atoms with Crippen molar-refractivity contribution in [1.29, 1.82) is 0 Å². The molecule has 0 fully saturated rings. The zero-order valence-corrected chi connectivity index (χ0v) is 29.3. The monoisotopic (exact) mass is 682 g/mol. The Balaban J connectivity index is 1.33. The molecule has 2 N–H and O–H groups in total. The third-order valence-electron chi connectivity index (χ3n) is 9.38. The van der Waals surface area contributed by atoms with E-state index >= 15 is 0 Å². The van der Waals surface area contributed by atoms with E-state index in [9.17, 15) is 10.2 Å². The van der Waals surface area contributed by atoms with Crippen LogP contribution in [0.5, 0.6) is 11.5 Å². The van der Waals surface area contributed by atoms with Crippen LogP contribution < -0.4 is 21.2 Å². The highest BCUT2D eigenvalue weighted by molar-refractivity contribution is 7.72. The summed E-state index contributed by atoms with van der Waals surface area (Å²) in [7, 11) is -1.62. The summed E-state index contributed by atoms with van der Waals surface area (Å²) in [6, 6.07) is 63.2. The van der Waals surface area contributed by atoms with Gasteiger partial charge in [-0.15, -0.1) is 0 Å². The second kappa shape index (κ2) is 14.3. The first kappa shape index (κ1) is 32.0. The summed E-state index contributed by atoms with van der Waals surface area (Å²) >= 11 is 0. The van der Waals surface area contributed by atoms with Crippen LogP contribution in [0.2, 0.25) is 0 Å². The molecule has 2 nitrogen and oxygen atoms in total. The van der Waals surface area contributed by atoms with Crippen molar-refractivity contribution in [1.82, 2.24) is 0 Å².